The monoisotopic (exact) mass is 523 g/mol. The van der Waals surface area contributed by atoms with Crippen molar-refractivity contribution in [3.8, 4) is 11.8 Å². The number of hydrogen-bond acceptors (Lipinski definition) is 6. The fourth-order valence-electron chi connectivity index (χ4n) is 4.13. The quantitative estimate of drug-likeness (QED) is 0.348. The Morgan fingerprint density at radius 3 is 2.21 bits per heavy atom. The number of nitriles is 1. The van der Waals surface area contributed by atoms with Crippen LogP contribution >= 0.6 is 0 Å². The molecule has 0 aliphatic heterocycles. The zero-order valence-corrected chi connectivity index (χ0v) is 23.4. The van der Waals surface area contributed by atoms with Crippen LogP contribution in [-0.4, -0.2) is 40.9 Å². The van der Waals surface area contributed by atoms with Crippen molar-refractivity contribution in [2.75, 3.05) is 13.1 Å². The minimum absolute atomic E-state index is 0.0265. The molecule has 2 amide bonds. The molecule has 0 fully saturated rings. The van der Waals surface area contributed by atoms with Gasteiger partial charge < -0.3 is 24.8 Å². The van der Waals surface area contributed by atoms with Gasteiger partial charge in [-0.2, -0.15) is 5.26 Å². The van der Waals surface area contributed by atoms with Gasteiger partial charge in [0, 0.05) is 25.1 Å². The number of rotatable bonds is 11. The third-order valence-electron chi connectivity index (χ3n) is 6.15. The maximum Gasteiger partial charge on any atom is 0.410 e. The number of nitrogens with one attached hydrogen (secondary N) is 1. The summed E-state index contributed by atoms with van der Waals surface area (Å²) >= 11 is 0. The highest BCUT2D eigenvalue weighted by atomic mass is 16.6. The number of carbonyl (C=O) groups excluding carboxylic acids is 2. The zero-order valence-electron chi connectivity index (χ0n) is 23.4. The van der Waals surface area contributed by atoms with Crippen molar-refractivity contribution in [1.29, 1.82) is 5.26 Å². The molecule has 206 valence electrons. The molecule has 2 rings (SSSR count). The summed E-state index contributed by atoms with van der Waals surface area (Å²) in [6.07, 6.45) is 0.138. The van der Waals surface area contributed by atoms with Crippen molar-refractivity contribution < 1.29 is 24.2 Å². The van der Waals surface area contributed by atoms with Crippen LogP contribution in [-0.2, 0) is 21.6 Å². The van der Waals surface area contributed by atoms with Gasteiger partial charge in [0.05, 0.1) is 11.6 Å². The van der Waals surface area contributed by atoms with Crippen molar-refractivity contribution in [3.63, 3.8) is 0 Å². The number of phenols is 1. The van der Waals surface area contributed by atoms with Gasteiger partial charge in [0.25, 0.3) is 0 Å². The first-order chi connectivity index (χ1) is 17.7. The number of alkyl carbamates (subject to hydrolysis) is 1. The fraction of sp³-hybridized carbons (Fsp3) is 0.500. The molecule has 0 aliphatic carbocycles. The highest BCUT2D eigenvalue weighted by Gasteiger charge is 2.35. The van der Waals surface area contributed by atoms with E-state index in [-0.39, 0.29) is 30.7 Å². The van der Waals surface area contributed by atoms with Crippen LogP contribution in [0.3, 0.4) is 0 Å². The van der Waals surface area contributed by atoms with Crippen LogP contribution in [0.5, 0.6) is 5.75 Å². The van der Waals surface area contributed by atoms with Gasteiger partial charge in [-0.15, -0.1) is 0 Å². The number of nitrogens with zero attached hydrogens (tertiary/aromatic N) is 2. The topological polar surface area (TPSA) is 112 Å². The van der Waals surface area contributed by atoms with Crippen molar-refractivity contribution in [3.05, 3.63) is 65.7 Å². The molecule has 2 N–H and O–H groups in total. The van der Waals surface area contributed by atoms with Gasteiger partial charge in [0.1, 0.15) is 18.0 Å². The minimum Gasteiger partial charge on any atom is -0.508 e. The molecule has 0 saturated carbocycles. The predicted octanol–water partition coefficient (Wildman–Crippen LogP) is 6.49. The number of carbonyl (C=O) groups is 2. The van der Waals surface area contributed by atoms with Crippen LogP contribution in [0.4, 0.5) is 9.59 Å². The van der Waals surface area contributed by atoms with E-state index in [1.165, 1.54) is 0 Å². The molecule has 0 aliphatic rings. The highest BCUT2D eigenvalue weighted by molar-refractivity contribution is 5.70. The van der Waals surface area contributed by atoms with E-state index < -0.39 is 23.3 Å². The van der Waals surface area contributed by atoms with Crippen LogP contribution < -0.4 is 5.32 Å². The SMILES string of the molecule is CC(C)(CCC#N)CN(CC[C@](C)(NC(=O)OC(C)(C)C)c1ccccc1O)C(=O)OCc1ccccc1. The second kappa shape index (κ2) is 13.2. The molecule has 2 aromatic carbocycles. The number of amides is 2. The molecule has 0 aromatic heterocycles. The third-order valence-corrected chi connectivity index (χ3v) is 6.15. The summed E-state index contributed by atoms with van der Waals surface area (Å²) in [6.45, 7) is 11.8. The highest BCUT2D eigenvalue weighted by Crippen LogP contribution is 2.33. The maximum atomic E-state index is 13.3. The largest absolute Gasteiger partial charge is 0.508 e. The molecule has 0 heterocycles. The van der Waals surface area contributed by atoms with E-state index in [0.29, 0.717) is 24.9 Å². The number of phenolic OH excluding ortho intramolecular Hbond substituents is 1. The van der Waals surface area contributed by atoms with Crippen molar-refractivity contribution in [2.24, 2.45) is 5.41 Å². The number of aromatic hydroxyl groups is 1. The van der Waals surface area contributed by atoms with Gasteiger partial charge in [0.15, 0.2) is 0 Å². The van der Waals surface area contributed by atoms with Gasteiger partial charge in [-0.25, -0.2) is 9.59 Å². The Hall–Kier alpha value is -3.73. The average Bonchev–Trinajstić information content (AvgIpc) is 2.83. The number of hydrogen-bond donors (Lipinski definition) is 2. The fourth-order valence-corrected chi connectivity index (χ4v) is 4.13. The first-order valence-corrected chi connectivity index (χ1v) is 12.9. The molecule has 8 heteroatoms. The van der Waals surface area contributed by atoms with Crippen LogP contribution in [0.15, 0.2) is 54.6 Å². The standard InChI is InChI=1S/C30H41N3O5/c1-28(2,3)38-26(35)32-30(6,24-15-10-11-16-25(24)34)18-20-33(22-29(4,5)17-12-19-31)27(36)37-21-23-13-8-7-9-14-23/h7-11,13-16,34H,12,17-18,20-22H2,1-6H3,(H,32,35)/t30-/m0/s1. The van der Waals surface area contributed by atoms with Gasteiger partial charge in [-0.05, 0) is 57.6 Å². The molecule has 38 heavy (non-hydrogen) atoms. The van der Waals surface area contributed by atoms with E-state index in [9.17, 15) is 14.7 Å². The number of para-hydroxylation sites is 1. The summed E-state index contributed by atoms with van der Waals surface area (Å²) in [5.41, 5.74) is -0.724. The second-order valence-electron chi connectivity index (χ2n) is 11.5. The predicted molar refractivity (Wildman–Crippen MR) is 146 cm³/mol. The summed E-state index contributed by atoms with van der Waals surface area (Å²) in [6, 6.07) is 18.4. The molecule has 0 unspecified atom stereocenters. The molecule has 0 bridgehead atoms. The Morgan fingerprint density at radius 2 is 1.61 bits per heavy atom. The summed E-state index contributed by atoms with van der Waals surface area (Å²) < 4.78 is 11.1. The van der Waals surface area contributed by atoms with Gasteiger partial charge in [-0.3, -0.25) is 0 Å². The normalized spacial score (nSPS) is 13.1. The van der Waals surface area contributed by atoms with Crippen LogP contribution in [0.25, 0.3) is 0 Å². The van der Waals surface area contributed by atoms with E-state index in [4.69, 9.17) is 14.7 Å². The van der Waals surface area contributed by atoms with E-state index >= 15 is 0 Å². The molecular formula is C30H41N3O5. The van der Waals surface area contributed by atoms with E-state index in [1.807, 2.05) is 44.2 Å². The first-order valence-electron chi connectivity index (χ1n) is 12.9. The zero-order chi connectivity index (χ0) is 28.4. The molecule has 0 saturated heterocycles. The van der Waals surface area contributed by atoms with Gasteiger partial charge >= 0.3 is 12.2 Å². The van der Waals surface area contributed by atoms with E-state index in [1.54, 1.807) is 56.9 Å². The lowest BCUT2D eigenvalue weighted by Crippen LogP contribution is -2.49. The van der Waals surface area contributed by atoms with Crippen LogP contribution in [0.1, 0.15) is 71.9 Å². The summed E-state index contributed by atoms with van der Waals surface area (Å²) in [4.78, 5) is 27.7. The Morgan fingerprint density at radius 1 is 0.974 bits per heavy atom. The smallest absolute Gasteiger partial charge is 0.410 e. The van der Waals surface area contributed by atoms with E-state index in [2.05, 4.69) is 11.4 Å². The lowest BCUT2D eigenvalue weighted by Gasteiger charge is -2.37. The maximum absolute atomic E-state index is 13.3. The minimum atomic E-state index is -1.05. The van der Waals surface area contributed by atoms with Gasteiger partial charge in [-0.1, -0.05) is 62.4 Å². The summed E-state index contributed by atoms with van der Waals surface area (Å²) in [5.74, 6) is 0.0265. The summed E-state index contributed by atoms with van der Waals surface area (Å²) in [5, 5.41) is 22.6. The van der Waals surface area contributed by atoms with Crippen molar-refractivity contribution >= 4 is 12.2 Å². The Labute approximate surface area is 226 Å². The molecule has 2 aromatic rings. The molecule has 1 atom stereocenters. The Balaban J connectivity index is 2.30. The van der Waals surface area contributed by atoms with Crippen molar-refractivity contribution in [1.82, 2.24) is 10.2 Å². The first kappa shape index (κ1) is 30.5. The lowest BCUT2D eigenvalue weighted by atomic mass is 9.85. The third kappa shape index (κ3) is 9.97. The number of ether oxygens (including phenoxy) is 2. The molecule has 0 radical (unpaired) electrons. The number of benzene rings is 2. The molecular weight excluding hydrogens is 482 g/mol. The van der Waals surface area contributed by atoms with Gasteiger partial charge in [0.2, 0.25) is 0 Å². The Bertz CT molecular complexity index is 1100. The molecule has 0 spiro atoms. The van der Waals surface area contributed by atoms with E-state index in [0.717, 1.165) is 5.56 Å². The summed E-state index contributed by atoms with van der Waals surface area (Å²) in [7, 11) is 0. The average molecular weight is 524 g/mol. The molecule has 8 nitrogen and oxygen atoms in total. The van der Waals surface area contributed by atoms with Crippen LogP contribution in [0.2, 0.25) is 0 Å². The lowest BCUT2D eigenvalue weighted by molar-refractivity contribution is 0.0437. The Kier molecular flexibility index (Phi) is 10.6. The van der Waals surface area contributed by atoms with Crippen LogP contribution in [0, 0.1) is 16.7 Å². The van der Waals surface area contributed by atoms with Crippen molar-refractivity contribution in [2.45, 2.75) is 78.6 Å². The second-order valence-corrected chi connectivity index (χ2v) is 11.5.